The summed E-state index contributed by atoms with van der Waals surface area (Å²) in [5.41, 5.74) is 3.93. The molecule has 0 aromatic heterocycles. The first kappa shape index (κ1) is 22.1. The lowest BCUT2D eigenvalue weighted by Gasteiger charge is -2.22. The van der Waals surface area contributed by atoms with Gasteiger partial charge in [0.25, 0.3) is 5.91 Å². The number of hydrogen-bond acceptors (Lipinski definition) is 4. The zero-order valence-electron chi connectivity index (χ0n) is 17.5. The van der Waals surface area contributed by atoms with Crippen molar-refractivity contribution in [2.75, 3.05) is 25.0 Å². The largest absolute Gasteiger partial charge is 0.452 e. The van der Waals surface area contributed by atoms with Crippen LogP contribution >= 0.6 is 0 Å². The predicted molar refractivity (Wildman–Crippen MR) is 113 cm³/mol. The molecule has 154 valence electrons. The van der Waals surface area contributed by atoms with Crippen LogP contribution in [0, 0.1) is 20.8 Å². The molecule has 0 saturated carbocycles. The van der Waals surface area contributed by atoms with E-state index in [0.29, 0.717) is 24.2 Å². The van der Waals surface area contributed by atoms with E-state index in [0.717, 1.165) is 16.7 Å². The minimum Gasteiger partial charge on any atom is -0.452 e. The van der Waals surface area contributed by atoms with Crippen molar-refractivity contribution in [3.8, 4) is 0 Å². The molecule has 0 atom stereocenters. The molecule has 0 radical (unpaired) electrons. The van der Waals surface area contributed by atoms with Crippen LogP contribution in [0.15, 0.2) is 42.5 Å². The second-order valence-corrected chi connectivity index (χ2v) is 7.07. The fourth-order valence-electron chi connectivity index (χ4n) is 2.98. The van der Waals surface area contributed by atoms with Gasteiger partial charge in [0.2, 0.25) is 5.91 Å². The Morgan fingerprint density at radius 1 is 1.00 bits per heavy atom. The lowest BCUT2D eigenvalue weighted by atomic mass is 10.1. The molecular formula is C23H28N2O4. The molecule has 6 nitrogen and oxygen atoms in total. The Hall–Kier alpha value is -3.15. The van der Waals surface area contributed by atoms with Gasteiger partial charge in [-0.3, -0.25) is 9.59 Å². The third kappa shape index (κ3) is 6.45. The number of hydrogen-bond donors (Lipinski definition) is 1. The predicted octanol–water partition coefficient (Wildman–Crippen LogP) is 3.65. The van der Waals surface area contributed by atoms with E-state index in [-0.39, 0.29) is 12.5 Å². The maximum atomic E-state index is 12.5. The van der Waals surface area contributed by atoms with E-state index >= 15 is 0 Å². The normalized spacial score (nSPS) is 10.3. The number of nitrogens with one attached hydrogen (secondary N) is 1. The minimum atomic E-state index is -0.545. The first-order chi connectivity index (χ1) is 13.8. The SMILES string of the molecule is CCCN(CC(=O)Nc1ccccc1C)C(=O)COC(=O)c1ccc(C)cc1C. The minimum absolute atomic E-state index is 0.0951. The van der Waals surface area contributed by atoms with Gasteiger partial charge >= 0.3 is 5.97 Å². The van der Waals surface area contributed by atoms with Gasteiger partial charge in [0.05, 0.1) is 12.1 Å². The quantitative estimate of drug-likeness (QED) is 0.691. The number of para-hydroxylation sites is 1. The van der Waals surface area contributed by atoms with Crippen LogP contribution in [0.3, 0.4) is 0 Å². The maximum Gasteiger partial charge on any atom is 0.338 e. The first-order valence-corrected chi connectivity index (χ1v) is 9.69. The Morgan fingerprint density at radius 3 is 2.38 bits per heavy atom. The second-order valence-electron chi connectivity index (χ2n) is 7.07. The van der Waals surface area contributed by atoms with Crippen molar-refractivity contribution >= 4 is 23.5 Å². The van der Waals surface area contributed by atoms with Crippen molar-refractivity contribution < 1.29 is 19.1 Å². The van der Waals surface area contributed by atoms with Gasteiger partial charge in [-0.15, -0.1) is 0 Å². The summed E-state index contributed by atoms with van der Waals surface area (Å²) in [5, 5.41) is 2.82. The van der Waals surface area contributed by atoms with Crippen LogP contribution in [0.25, 0.3) is 0 Å². The number of carbonyl (C=O) groups excluding carboxylic acids is 3. The fourth-order valence-corrected chi connectivity index (χ4v) is 2.98. The number of benzene rings is 2. The number of carbonyl (C=O) groups is 3. The second kappa shape index (κ2) is 10.4. The van der Waals surface area contributed by atoms with E-state index in [1.165, 1.54) is 4.90 Å². The summed E-state index contributed by atoms with van der Waals surface area (Å²) in [7, 11) is 0. The molecular weight excluding hydrogens is 368 g/mol. The topological polar surface area (TPSA) is 75.7 Å². The maximum absolute atomic E-state index is 12.5. The molecule has 0 heterocycles. The highest BCUT2D eigenvalue weighted by Crippen LogP contribution is 2.14. The van der Waals surface area contributed by atoms with Crippen molar-refractivity contribution in [2.45, 2.75) is 34.1 Å². The van der Waals surface area contributed by atoms with Crippen LogP contribution in [0.2, 0.25) is 0 Å². The van der Waals surface area contributed by atoms with Crippen molar-refractivity contribution in [1.82, 2.24) is 4.90 Å². The summed E-state index contributed by atoms with van der Waals surface area (Å²) in [5.74, 6) is -1.23. The summed E-state index contributed by atoms with van der Waals surface area (Å²) < 4.78 is 5.19. The van der Waals surface area contributed by atoms with Crippen LogP contribution in [0.1, 0.15) is 40.4 Å². The number of anilines is 1. The molecule has 6 heteroatoms. The van der Waals surface area contributed by atoms with E-state index in [1.54, 1.807) is 6.07 Å². The third-order valence-electron chi connectivity index (χ3n) is 4.53. The highest BCUT2D eigenvalue weighted by Gasteiger charge is 2.19. The Labute approximate surface area is 171 Å². The highest BCUT2D eigenvalue weighted by atomic mass is 16.5. The van der Waals surface area contributed by atoms with Crippen LogP contribution in [-0.2, 0) is 14.3 Å². The Balaban J connectivity index is 1.95. The van der Waals surface area contributed by atoms with E-state index < -0.39 is 18.5 Å². The van der Waals surface area contributed by atoms with Gasteiger partial charge in [-0.25, -0.2) is 4.79 Å². The van der Waals surface area contributed by atoms with Gasteiger partial charge < -0.3 is 15.0 Å². The van der Waals surface area contributed by atoms with Crippen LogP contribution in [0.4, 0.5) is 5.69 Å². The van der Waals surface area contributed by atoms with Crippen LogP contribution in [0.5, 0.6) is 0 Å². The monoisotopic (exact) mass is 396 g/mol. The van der Waals surface area contributed by atoms with E-state index in [2.05, 4.69) is 5.32 Å². The molecule has 1 N–H and O–H groups in total. The molecule has 29 heavy (non-hydrogen) atoms. The van der Waals surface area contributed by atoms with E-state index in [1.807, 2.05) is 64.1 Å². The van der Waals surface area contributed by atoms with Gasteiger partial charge in [-0.05, 0) is 50.5 Å². The summed E-state index contributed by atoms with van der Waals surface area (Å²) in [4.78, 5) is 38.6. The Morgan fingerprint density at radius 2 is 1.72 bits per heavy atom. The van der Waals surface area contributed by atoms with Crippen molar-refractivity contribution in [3.63, 3.8) is 0 Å². The number of aryl methyl sites for hydroxylation is 3. The van der Waals surface area contributed by atoms with Gasteiger partial charge in [0.1, 0.15) is 0 Å². The summed E-state index contributed by atoms with van der Waals surface area (Å²) in [6.07, 6.45) is 0.689. The zero-order valence-corrected chi connectivity index (χ0v) is 17.5. The number of esters is 1. The van der Waals surface area contributed by atoms with Gasteiger partial charge in [0.15, 0.2) is 6.61 Å². The lowest BCUT2D eigenvalue weighted by Crippen LogP contribution is -2.40. The molecule has 2 aromatic carbocycles. The fraction of sp³-hybridized carbons (Fsp3) is 0.348. The summed E-state index contributed by atoms with van der Waals surface area (Å²) >= 11 is 0. The average Bonchev–Trinajstić information content (AvgIpc) is 2.67. The molecule has 0 aliphatic heterocycles. The van der Waals surface area contributed by atoms with E-state index in [9.17, 15) is 14.4 Å². The summed E-state index contributed by atoms with van der Waals surface area (Å²) in [6, 6.07) is 12.8. The molecule has 0 spiro atoms. The zero-order chi connectivity index (χ0) is 21.4. The Bertz CT molecular complexity index is 892. The number of ether oxygens (including phenoxy) is 1. The molecule has 0 aliphatic carbocycles. The molecule has 0 bridgehead atoms. The average molecular weight is 396 g/mol. The molecule has 2 rings (SSSR count). The van der Waals surface area contributed by atoms with Crippen LogP contribution < -0.4 is 5.32 Å². The third-order valence-corrected chi connectivity index (χ3v) is 4.53. The van der Waals surface area contributed by atoms with Crippen molar-refractivity contribution in [3.05, 3.63) is 64.7 Å². The van der Waals surface area contributed by atoms with Crippen LogP contribution in [-0.4, -0.2) is 42.4 Å². The molecule has 2 amide bonds. The molecule has 0 saturated heterocycles. The molecule has 0 aliphatic rings. The lowest BCUT2D eigenvalue weighted by molar-refractivity contribution is -0.137. The van der Waals surface area contributed by atoms with E-state index in [4.69, 9.17) is 4.74 Å². The number of amides is 2. The number of nitrogens with zero attached hydrogens (tertiary/aromatic N) is 1. The molecule has 0 fully saturated rings. The first-order valence-electron chi connectivity index (χ1n) is 9.69. The Kier molecular flexibility index (Phi) is 7.95. The van der Waals surface area contributed by atoms with Crippen molar-refractivity contribution in [1.29, 1.82) is 0 Å². The smallest absolute Gasteiger partial charge is 0.338 e. The standard InChI is InChI=1S/C23H28N2O4/c1-5-12-25(14-21(26)24-20-9-7-6-8-17(20)3)22(27)15-29-23(28)19-11-10-16(2)13-18(19)4/h6-11,13H,5,12,14-15H2,1-4H3,(H,24,26). The summed E-state index contributed by atoms with van der Waals surface area (Å²) in [6.45, 7) is 7.49. The molecule has 2 aromatic rings. The van der Waals surface area contributed by atoms with Crippen molar-refractivity contribution in [2.24, 2.45) is 0 Å². The molecule has 0 unspecified atom stereocenters. The van der Waals surface area contributed by atoms with Gasteiger partial charge in [0, 0.05) is 12.2 Å². The van der Waals surface area contributed by atoms with Gasteiger partial charge in [-0.2, -0.15) is 0 Å². The number of rotatable bonds is 8. The highest BCUT2D eigenvalue weighted by molar-refractivity contribution is 5.96. The van der Waals surface area contributed by atoms with Gasteiger partial charge in [-0.1, -0.05) is 42.8 Å².